The number of ether oxygens (including phenoxy) is 5. The summed E-state index contributed by atoms with van der Waals surface area (Å²) in [5.41, 5.74) is -1.68. The van der Waals surface area contributed by atoms with E-state index in [0.29, 0.717) is 12.8 Å². The van der Waals surface area contributed by atoms with Gasteiger partial charge in [-0.2, -0.15) is 0 Å². The Kier molecular flexibility index (Phi) is 14.4. The Morgan fingerprint density at radius 2 is 1.25 bits per heavy atom. The summed E-state index contributed by atoms with van der Waals surface area (Å²) >= 11 is 0. The van der Waals surface area contributed by atoms with Crippen LogP contribution >= 0.6 is 0 Å². The number of rotatable bonds is 7. The van der Waals surface area contributed by atoms with E-state index in [2.05, 4.69) is 9.97 Å². The molecule has 2 N–H and O–H groups in total. The van der Waals surface area contributed by atoms with Crippen LogP contribution in [0.1, 0.15) is 87.1 Å². The van der Waals surface area contributed by atoms with E-state index in [1.807, 2.05) is 84.1 Å². The van der Waals surface area contributed by atoms with Gasteiger partial charge in [-0.1, -0.05) is 107 Å². The van der Waals surface area contributed by atoms with Gasteiger partial charge >= 0.3 is 11.9 Å². The van der Waals surface area contributed by atoms with Crippen molar-refractivity contribution in [2.75, 3.05) is 7.11 Å². The van der Waals surface area contributed by atoms with Crippen molar-refractivity contribution in [2.24, 2.45) is 10.8 Å². The molecule has 0 radical (unpaired) electrons. The van der Waals surface area contributed by atoms with Crippen LogP contribution in [0.25, 0.3) is 6.08 Å². The minimum atomic E-state index is -0.884. The standard InChI is InChI=1S/C43H54N2O11/c1-8-14-34(46)42(3,4)36-20-13-18-32-33(54-32)23-22-27(50-7)24-39-45-29(26-52-39)41(49)56-37(43(5,6)35(47)15-9-2)19-12-17-31-30(53-31)16-10-11-21-38-44-28(25-51-38)40(48)55-36/h8-18,21-23,25-27,30-37,46-47H,19-20,24H2,1-7H3/b14-8+,15-9+,16-10-,17-12-,18-13-,21-11-,23-22+/t27?,30-,31-,32-,33+,34?,35?,36?,37?/m0/s1. The van der Waals surface area contributed by atoms with Gasteiger partial charge < -0.3 is 42.7 Å². The molecule has 5 rings (SSSR count). The van der Waals surface area contributed by atoms with Crippen molar-refractivity contribution in [1.29, 1.82) is 0 Å². The number of hydrogen-bond donors (Lipinski definition) is 2. The lowest BCUT2D eigenvalue weighted by atomic mass is 9.79. The smallest absolute Gasteiger partial charge is 0.360 e. The summed E-state index contributed by atoms with van der Waals surface area (Å²) in [6.45, 7) is 11.0. The van der Waals surface area contributed by atoms with Gasteiger partial charge in [0.15, 0.2) is 17.3 Å². The van der Waals surface area contributed by atoms with Crippen LogP contribution in [0.15, 0.2) is 100 Å². The Bertz CT molecular complexity index is 1840. The first kappa shape index (κ1) is 42.5. The van der Waals surface area contributed by atoms with Crippen molar-refractivity contribution in [1.82, 2.24) is 9.97 Å². The highest BCUT2D eigenvalue weighted by molar-refractivity contribution is 5.87. The van der Waals surface area contributed by atoms with Crippen molar-refractivity contribution in [3.05, 3.63) is 115 Å². The SMILES string of the molecule is C/C=C/C(O)C(C)(C)C1C/C=C\[C@@H]2O[C@@H]2/C=C/C(OC)Cc2nc(co2)C(=O)OC(C(C)(C)C(O)/C=C/C)C/C=C\[C@@H]2O[C@H]2/C=C\C=C/c2nc(co2)C(=O)O1. The first-order valence-corrected chi connectivity index (χ1v) is 18.9. The van der Waals surface area contributed by atoms with E-state index < -0.39 is 53.3 Å². The van der Waals surface area contributed by atoms with Crippen LogP contribution in [0.2, 0.25) is 0 Å². The Hall–Kier alpha value is -4.66. The number of oxazole rings is 2. The van der Waals surface area contributed by atoms with Gasteiger partial charge in [0.05, 0.1) is 24.7 Å². The lowest BCUT2D eigenvalue weighted by molar-refractivity contribution is -0.0461. The fraction of sp³-hybridized carbons (Fsp3) is 0.488. The van der Waals surface area contributed by atoms with Crippen LogP contribution in [0.3, 0.4) is 0 Å². The second-order valence-corrected chi connectivity index (χ2v) is 15.1. The number of aromatic nitrogens is 2. The molecule has 0 saturated carbocycles. The van der Waals surface area contributed by atoms with Crippen LogP contribution in [-0.2, 0) is 30.1 Å². The molecular formula is C43H54N2O11. The summed E-state index contributed by atoms with van der Waals surface area (Å²) in [5, 5.41) is 21.9. The monoisotopic (exact) mass is 774 g/mol. The molecule has 2 fully saturated rings. The van der Waals surface area contributed by atoms with Crippen LogP contribution in [0.4, 0.5) is 0 Å². The van der Waals surface area contributed by atoms with Gasteiger partial charge in [0.25, 0.3) is 0 Å². The molecule has 4 bridgehead atoms. The first-order chi connectivity index (χ1) is 26.8. The maximum Gasteiger partial charge on any atom is 0.360 e. The molecule has 5 unspecified atom stereocenters. The van der Waals surface area contributed by atoms with Gasteiger partial charge in [-0.05, 0) is 13.8 Å². The average Bonchev–Trinajstić information content (AvgIpc) is 3.96. The number of esters is 2. The van der Waals surface area contributed by atoms with Crippen molar-refractivity contribution < 1.29 is 52.3 Å². The highest BCUT2D eigenvalue weighted by atomic mass is 16.6. The van der Waals surface area contributed by atoms with Gasteiger partial charge in [-0.3, -0.25) is 0 Å². The van der Waals surface area contributed by atoms with Gasteiger partial charge in [0.2, 0.25) is 5.89 Å². The van der Waals surface area contributed by atoms with Gasteiger partial charge in [-0.15, -0.1) is 0 Å². The molecule has 0 aliphatic carbocycles. The fourth-order valence-corrected chi connectivity index (χ4v) is 6.10. The lowest BCUT2D eigenvalue weighted by Crippen LogP contribution is -2.42. The minimum Gasteiger partial charge on any atom is -0.457 e. The molecule has 0 aromatic carbocycles. The molecule has 56 heavy (non-hydrogen) atoms. The van der Waals surface area contributed by atoms with Crippen LogP contribution in [0.5, 0.6) is 0 Å². The van der Waals surface area contributed by atoms with E-state index in [0.717, 1.165) is 0 Å². The van der Waals surface area contributed by atoms with Gasteiger partial charge in [0.1, 0.15) is 49.2 Å². The number of nitrogens with zero attached hydrogens (tertiary/aromatic N) is 2. The van der Waals surface area contributed by atoms with E-state index in [1.165, 1.54) is 12.5 Å². The molecule has 302 valence electrons. The molecule has 13 nitrogen and oxygen atoms in total. The van der Waals surface area contributed by atoms with Gasteiger partial charge in [0, 0.05) is 36.9 Å². The number of carbonyl (C=O) groups is 2. The maximum atomic E-state index is 13.4. The predicted octanol–water partition coefficient (Wildman–Crippen LogP) is 6.46. The third-order valence-electron chi connectivity index (χ3n) is 10.2. The van der Waals surface area contributed by atoms with Crippen LogP contribution < -0.4 is 0 Å². The number of carbonyl (C=O) groups excluding carboxylic acids is 2. The van der Waals surface area contributed by atoms with E-state index in [4.69, 9.17) is 32.5 Å². The van der Waals surface area contributed by atoms with Crippen LogP contribution in [-0.4, -0.2) is 94.2 Å². The first-order valence-electron chi connectivity index (χ1n) is 18.9. The summed E-state index contributed by atoms with van der Waals surface area (Å²) in [4.78, 5) is 35.3. The Balaban J connectivity index is 1.37. The molecule has 5 heterocycles. The Morgan fingerprint density at radius 1 is 0.732 bits per heavy atom. The van der Waals surface area contributed by atoms with E-state index in [9.17, 15) is 19.8 Å². The zero-order valence-corrected chi connectivity index (χ0v) is 33.0. The second kappa shape index (κ2) is 19.0. The molecule has 2 aromatic rings. The topological polar surface area (TPSA) is 179 Å². The van der Waals surface area contributed by atoms with E-state index in [-0.39, 0.29) is 54.0 Å². The quantitative estimate of drug-likeness (QED) is 0.178. The fourth-order valence-electron chi connectivity index (χ4n) is 6.10. The summed E-state index contributed by atoms with van der Waals surface area (Å²) in [5.74, 6) is -0.844. The second-order valence-electron chi connectivity index (χ2n) is 15.1. The molecular weight excluding hydrogens is 720 g/mol. The number of aliphatic hydroxyl groups excluding tert-OH is 2. The van der Waals surface area contributed by atoms with Crippen molar-refractivity contribution in [2.45, 2.75) is 116 Å². The summed E-state index contributed by atoms with van der Waals surface area (Å²) in [6, 6.07) is 0. The average molecular weight is 775 g/mol. The highest BCUT2D eigenvalue weighted by Crippen LogP contribution is 2.35. The van der Waals surface area contributed by atoms with E-state index in [1.54, 1.807) is 49.6 Å². The summed E-state index contributed by atoms with van der Waals surface area (Å²) in [6.07, 6.45) is 24.1. The third kappa shape index (κ3) is 11.2. The molecule has 9 atom stereocenters. The minimum absolute atomic E-state index is 0.00381. The highest BCUT2D eigenvalue weighted by Gasteiger charge is 2.41. The number of hydrogen-bond acceptors (Lipinski definition) is 13. The number of allylic oxidation sites excluding steroid dienone is 4. The Morgan fingerprint density at radius 3 is 1.80 bits per heavy atom. The molecule has 0 amide bonds. The molecule has 13 heteroatoms. The zero-order chi connectivity index (χ0) is 40.5. The number of cyclic esters (lactones) is 2. The van der Waals surface area contributed by atoms with E-state index >= 15 is 0 Å². The van der Waals surface area contributed by atoms with Crippen molar-refractivity contribution >= 4 is 18.0 Å². The molecule has 2 saturated heterocycles. The third-order valence-corrected chi connectivity index (χ3v) is 10.2. The normalized spacial score (nSPS) is 30.9. The zero-order valence-electron chi connectivity index (χ0n) is 33.0. The number of aliphatic hydroxyl groups is 2. The molecule has 3 aliphatic rings. The molecule has 0 spiro atoms. The van der Waals surface area contributed by atoms with Gasteiger partial charge in [-0.25, -0.2) is 19.6 Å². The predicted molar refractivity (Wildman–Crippen MR) is 207 cm³/mol. The lowest BCUT2D eigenvalue weighted by Gasteiger charge is -2.36. The number of fused-ring (bicyclic) bond motifs is 6. The largest absolute Gasteiger partial charge is 0.457 e. The summed E-state index contributed by atoms with van der Waals surface area (Å²) < 4.78 is 40.3. The van der Waals surface area contributed by atoms with Crippen molar-refractivity contribution in [3.8, 4) is 0 Å². The maximum absolute atomic E-state index is 13.4. The number of methoxy groups -OCH3 is 1. The summed E-state index contributed by atoms with van der Waals surface area (Å²) in [7, 11) is 1.56. The van der Waals surface area contributed by atoms with Crippen molar-refractivity contribution in [3.63, 3.8) is 0 Å². The Labute approximate surface area is 328 Å². The van der Waals surface area contributed by atoms with Crippen LogP contribution in [0, 0.1) is 10.8 Å². The molecule has 3 aliphatic heterocycles. The molecule has 2 aromatic heterocycles. The number of epoxide rings is 2.